The van der Waals surface area contributed by atoms with Crippen LogP contribution in [0.25, 0.3) is 10.8 Å². The van der Waals surface area contributed by atoms with E-state index in [9.17, 15) is 32.4 Å². The predicted octanol–water partition coefficient (Wildman–Crippen LogP) is 4.59. The number of nitrogens with one attached hydrogen (secondary N) is 3. The highest BCUT2D eigenvalue weighted by atomic mass is 32.2. The third kappa shape index (κ3) is 8.87. The Hall–Kier alpha value is -4.92. The Morgan fingerprint density at radius 3 is 2.45 bits per heavy atom. The van der Waals surface area contributed by atoms with E-state index in [2.05, 4.69) is 15.4 Å². The second-order valence-electron chi connectivity index (χ2n) is 15.6. The van der Waals surface area contributed by atoms with Crippen LogP contribution in [-0.4, -0.2) is 96.7 Å². The number of nitrogens with zero attached hydrogens (tertiary/aromatic N) is 2. The zero-order chi connectivity index (χ0) is 39.3. The van der Waals surface area contributed by atoms with Crippen LogP contribution in [0.4, 0.5) is 9.59 Å². The fraction of sp³-hybridized carbons (Fsp3) is 0.537. The van der Waals surface area contributed by atoms with Crippen molar-refractivity contribution in [1.29, 1.82) is 0 Å². The van der Waals surface area contributed by atoms with Crippen molar-refractivity contribution in [1.82, 2.24) is 25.2 Å². The number of benzene rings is 2. The molecule has 0 spiro atoms. The molecular formula is C41H51N5O9S. The average molecular weight is 790 g/mol. The van der Waals surface area contributed by atoms with Crippen LogP contribution in [0.2, 0.25) is 0 Å². The van der Waals surface area contributed by atoms with Crippen LogP contribution in [0.3, 0.4) is 0 Å². The minimum Gasteiger partial charge on any atom is -0.446 e. The van der Waals surface area contributed by atoms with Gasteiger partial charge in [0, 0.05) is 19.0 Å². The number of rotatable bonds is 7. The zero-order valence-electron chi connectivity index (χ0n) is 31.5. The highest BCUT2D eigenvalue weighted by Gasteiger charge is 2.61. The first-order valence-electron chi connectivity index (χ1n) is 19.9. The average Bonchev–Trinajstić information content (AvgIpc) is 3.53. The molecule has 300 valence electrons. The molecule has 15 heteroatoms. The standard InChI is InChI=1S/C41H51N5O9S/c47-36-35-26-45(40(51)54-27-29-15-12-14-28-13-6-11-21-33(28)29)23-24-46(35)37(48)34(42-39(50)55-31-17-7-8-18-31)22-5-3-1-2-4-16-30-25-41(30,43-36)38(49)44-56(52,53)32-19-9-10-20-32/h4,6,9-16,21,30-32,34-35H,1-3,5,7-8,17-20,22-27H2,(H,42,50)(H,43,47)(H,44,49)/b16-4+/t30?,34-,35-,41-/m0/s1. The van der Waals surface area contributed by atoms with Gasteiger partial charge in [0.15, 0.2) is 0 Å². The van der Waals surface area contributed by atoms with E-state index in [-0.39, 0.29) is 51.6 Å². The number of hydrogen-bond donors (Lipinski definition) is 3. The van der Waals surface area contributed by atoms with E-state index in [1.54, 1.807) is 12.2 Å². The van der Waals surface area contributed by atoms with Crippen LogP contribution in [0.1, 0.15) is 82.6 Å². The number of carbonyl (C=O) groups excluding carboxylic acids is 5. The number of carbonyl (C=O) groups is 5. The SMILES string of the molecule is O=C(N[C@H]1CCCCC/C=C/C2C[C@]2(C(=O)NS(=O)(=O)C2CC=CC2)NC(=O)[C@@H]2CN(C(=O)OCc3cccc4ccccc34)CCN2C1=O)OC1CCCC1. The molecule has 2 aromatic carbocycles. The number of sulfonamides is 1. The van der Waals surface area contributed by atoms with Gasteiger partial charge < -0.3 is 29.9 Å². The van der Waals surface area contributed by atoms with Crippen LogP contribution < -0.4 is 15.4 Å². The second kappa shape index (κ2) is 17.1. The van der Waals surface area contributed by atoms with E-state index in [1.807, 2.05) is 54.6 Å². The summed E-state index contributed by atoms with van der Waals surface area (Å²) < 4.78 is 40.1. The van der Waals surface area contributed by atoms with Crippen LogP contribution >= 0.6 is 0 Å². The largest absolute Gasteiger partial charge is 0.446 e. The third-order valence-electron chi connectivity index (χ3n) is 11.8. The monoisotopic (exact) mass is 789 g/mol. The molecular weight excluding hydrogens is 739 g/mol. The number of hydrogen-bond acceptors (Lipinski definition) is 9. The van der Waals surface area contributed by atoms with Gasteiger partial charge in [0.2, 0.25) is 21.8 Å². The topological polar surface area (TPSA) is 181 Å². The van der Waals surface area contributed by atoms with Crippen molar-refractivity contribution in [3.05, 3.63) is 72.3 Å². The maximum atomic E-state index is 14.5. The first-order valence-corrected chi connectivity index (χ1v) is 21.4. The molecule has 4 atom stereocenters. The predicted molar refractivity (Wildman–Crippen MR) is 207 cm³/mol. The van der Waals surface area contributed by atoms with Gasteiger partial charge in [-0.25, -0.2) is 18.0 Å². The maximum Gasteiger partial charge on any atom is 0.410 e. The fourth-order valence-electron chi connectivity index (χ4n) is 8.36. The molecule has 3 fully saturated rings. The Bertz CT molecular complexity index is 1980. The lowest BCUT2D eigenvalue weighted by atomic mass is 10.0. The lowest BCUT2D eigenvalue weighted by Gasteiger charge is -2.41. The molecule has 1 saturated heterocycles. The van der Waals surface area contributed by atoms with Crippen LogP contribution in [-0.2, 0) is 40.5 Å². The Kier molecular flexibility index (Phi) is 12.0. The van der Waals surface area contributed by atoms with Crippen molar-refractivity contribution in [2.75, 3.05) is 19.6 Å². The normalized spacial score (nSPS) is 27.0. The van der Waals surface area contributed by atoms with Gasteiger partial charge in [-0.2, -0.15) is 0 Å². The summed E-state index contributed by atoms with van der Waals surface area (Å²) >= 11 is 0. The van der Waals surface area contributed by atoms with Crippen molar-refractivity contribution in [2.45, 2.75) is 113 Å². The van der Waals surface area contributed by atoms with E-state index >= 15 is 0 Å². The second-order valence-corrected chi connectivity index (χ2v) is 17.5. The minimum atomic E-state index is -4.05. The van der Waals surface area contributed by atoms with Crippen molar-refractivity contribution >= 4 is 50.7 Å². The van der Waals surface area contributed by atoms with Crippen LogP contribution in [0.15, 0.2) is 66.8 Å². The van der Waals surface area contributed by atoms with Gasteiger partial charge in [-0.3, -0.25) is 19.1 Å². The number of amides is 5. The van der Waals surface area contributed by atoms with E-state index < -0.39 is 68.7 Å². The summed E-state index contributed by atoms with van der Waals surface area (Å²) in [5.74, 6) is -2.56. The van der Waals surface area contributed by atoms with E-state index in [1.165, 1.54) is 9.80 Å². The summed E-state index contributed by atoms with van der Waals surface area (Å²) in [6.07, 6.45) is 13.0. The van der Waals surface area contributed by atoms with E-state index in [0.717, 1.165) is 54.9 Å². The molecule has 56 heavy (non-hydrogen) atoms. The number of allylic oxidation sites excluding steroid dienone is 3. The van der Waals surface area contributed by atoms with Gasteiger partial charge in [-0.05, 0) is 80.5 Å². The summed E-state index contributed by atoms with van der Waals surface area (Å²) in [6, 6.07) is 11.2. The number of fused-ring (bicyclic) bond motifs is 3. The van der Waals surface area contributed by atoms with Gasteiger partial charge >= 0.3 is 12.2 Å². The van der Waals surface area contributed by atoms with Gasteiger partial charge in [0.1, 0.15) is 30.3 Å². The molecule has 3 aliphatic carbocycles. The molecule has 2 aromatic rings. The first kappa shape index (κ1) is 39.3. The highest BCUT2D eigenvalue weighted by Crippen LogP contribution is 2.45. The summed E-state index contributed by atoms with van der Waals surface area (Å²) in [4.78, 5) is 72.3. The molecule has 5 amide bonds. The van der Waals surface area contributed by atoms with E-state index in [4.69, 9.17) is 9.47 Å². The molecule has 5 aliphatic rings. The molecule has 1 unspecified atom stereocenters. The van der Waals surface area contributed by atoms with Gasteiger partial charge in [-0.15, -0.1) is 0 Å². The summed E-state index contributed by atoms with van der Waals surface area (Å²) in [5, 5.41) is 6.76. The molecule has 7 rings (SSSR count). The van der Waals surface area contributed by atoms with Crippen molar-refractivity contribution in [3.63, 3.8) is 0 Å². The van der Waals surface area contributed by atoms with Crippen molar-refractivity contribution < 1.29 is 41.9 Å². The quantitative estimate of drug-likeness (QED) is 0.339. The van der Waals surface area contributed by atoms with E-state index in [0.29, 0.717) is 19.3 Å². The lowest BCUT2D eigenvalue weighted by molar-refractivity contribution is -0.146. The van der Waals surface area contributed by atoms with Gasteiger partial charge in [0.05, 0.1) is 11.8 Å². The smallest absolute Gasteiger partial charge is 0.410 e. The summed E-state index contributed by atoms with van der Waals surface area (Å²) in [6.45, 7) is -0.279. The Balaban J connectivity index is 1.13. The zero-order valence-corrected chi connectivity index (χ0v) is 32.3. The van der Waals surface area contributed by atoms with Crippen molar-refractivity contribution in [2.24, 2.45) is 5.92 Å². The molecule has 2 saturated carbocycles. The maximum absolute atomic E-state index is 14.5. The third-order valence-corrected chi connectivity index (χ3v) is 13.5. The minimum absolute atomic E-state index is 0.0203. The van der Waals surface area contributed by atoms with Crippen molar-refractivity contribution in [3.8, 4) is 0 Å². The number of ether oxygens (including phenoxy) is 2. The number of piperazine rings is 1. The first-order chi connectivity index (χ1) is 27.0. The molecule has 3 N–H and O–H groups in total. The molecule has 0 aromatic heterocycles. The Morgan fingerprint density at radius 1 is 0.893 bits per heavy atom. The fourth-order valence-corrected chi connectivity index (χ4v) is 9.70. The van der Waals surface area contributed by atoms with Gasteiger partial charge in [0.25, 0.3) is 5.91 Å². The molecule has 2 aliphatic heterocycles. The highest BCUT2D eigenvalue weighted by molar-refractivity contribution is 7.90. The molecule has 0 bridgehead atoms. The molecule has 2 heterocycles. The van der Waals surface area contributed by atoms with Gasteiger partial charge in [-0.1, -0.05) is 79.6 Å². The number of alkyl carbamates (subject to hydrolysis) is 1. The van der Waals surface area contributed by atoms with Crippen LogP contribution in [0, 0.1) is 5.92 Å². The molecule has 0 radical (unpaired) electrons. The Labute approximate surface area is 327 Å². The summed E-state index contributed by atoms with van der Waals surface area (Å²) in [7, 11) is -4.05. The molecule has 14 nitrogen and oxygen atoms in total. The summed E-state index contributed by atoms with van der Waals surface area (Å²) in [5.41, 5.74) is -0.777. The Morgan fingerprint density at radius 2 is 1.64 bits per heavy atom. The van der Waals surface area contributed by atoms with Crippen LogP contribution in [0.5, 0.6) is 0 Å². The lowest BCUT2D eigenvalue weighted by Crippen LogP contribution is -2.66.